The largest absolute Gasteiger partial charge is 0.462 e. The zero-order chi connectivity index (χ0) is 42.4. The summed E-state index contributed by atoms with van der Waals surface area (Å²) in [4.78, 5) is 26.0. The van der Waals surface area contributed by atoms with Crippen molar-refractivity contribution < 1.29 is 24.5 Å². The molecule has 3 N–H and O–H groups in total. The van der Waals surface area contributed by atoms with Gasteiger partial charge in [-0.3, -0.25) is 9.59 Å². The average Bonchev–Trinajstić information content (AvgIpc) is 3.22. The number of hydrogen-bond acceptors (Lipinski definition) is 5. The van der Waals surface area contributed by atoms with Crippen LogP contribution in [0.4, 0.5) is 0 Å². The molecule has 0 rings (SSSR count). The summed E-state index contributed by atoms with van der Waals surface area (Å²) < 4.78 is 5.86. The first-order valence-electron chi connectivity index (χ1n) is 23.9. The SMILES string of the molecule is CC/C=C/C=C/C=C\C=C/CCCC(CC(=O)NC(CO)C(O)CCCCCCCCCCCCC)OC(=O)CCCCCC/C=C\C/C=C\C/C=C\CCCCC. The van der Waals surface area contributed by atoms with Crippen LogP contribution in [0.5, 0.6) is 0 Å². The third-order valence-electron chi connectivity index (χ3n) is 10.3. The van der Waals surface area contributed by atoms with Gasteiger partial charge >= 0.3 is 5.97 Å². The maximum Gasteiger partial charge on any atom is 0.306 e. The number of amides is 1. The predicted octanol–water partition coefficient (Wildman–Crippen LogP) is 14.0. The van der Waals surface area contributed by atoms with Gasteiger partial charge in [-0.1, -0.05) is 202 Å². The van der Waals surface area contributed by atoms with Crippen LogP contribution in [0.25, 0.3) is 0 Å². The van der Waals surface area contributed by atoms with Crippen molar-refractivity contribution >= 4 is 11.9 Å². The highest BCUT2D eigenvalue weighted by Gasteiger charge is 2.24. The van der Waals surface area contributed by atoms with Crippen LogP contribution in [0, 0.1) is 0 Å². The van der Waals surface area contributed by atoms with E-state index < -0.39 is 18.2 Å². The lowest BCUT2D eigenvalue weighted by molar-refractivity contribution is -0.151. The van der Waals surface area contributed by atoms with Gasteiger partial charge in [0.05, 0.1) is 25.2 Å². The molecule has 0 aliphatic rings. The Morgan fingerprint density at radius 2 is 1.02 bits per heavy atom. The van der Waals surface area contributed by atoms with Crippen LogP contribution in [0.1, 0.15) is 207 Å². The maximum atomic E-state index is 13.1. The summed E-state index contributed by atoms with van der Waals surface area (Å²) in [6.07, 6.45) is 57.9. The molecule has 3 unspecified atom stereocenters. The molecule has 0 spiro atoms. The third kappa shape index (κ3) is 39.8. The fourth-order valence-corrected chi connectivity index (χ4v) is 6.69. The summed E-state index contributed by atoms with van der Waals surface area (Å²) in [6, 6.07) is -0.730. The van der Waals surface area contributed by atoms with E-state index in [1.54, 1.807) is 0 Å². The van der Waals surface area contributed by atoms with Crippen LogP contribution in [-0.4, -0.2) is 46.9 Å². The number of rotatable bonds is 41. The zero-order valence-electron chi connectivity index (χ0n) is 37.6. The number of ether oxygens (including phenoxy) is 1. The number of carbonyl (C=O) groups excluding carboxylic acids is 2. The fraction of sp³-hybridized carbons (Fsp3) is 0.692. The number of aliphatic hydroxyl groups excluding tert-OH is 2. The molecule has 0 heterocycles. The average molecular weight is 808 g/mol. The second kappa shape index (κ2) is 45.1. The molecule has 0 aromatic heterocycles. The van der Waals surface area contributed by atoms with Gasteiger partial charge in [-0.15, -0.1) is 0 Å². The summed E-state index contributed by atoms with van der Waals surface area (Å²) in [5.74, 6) is -0.576. The Kier molecular flexibility index (Phi) is 42.8. The minimum Gasteiger partial charge on any atom is -0.462 e. The summed E-state index contributed by atoms with van der Waals surface area (Å²) in [5, 5.41) is 23.6. The molecule has 0 aromatic carbocycles. The number of aliphatic hydroxyl groups is 2. The molecule has 0 saturated heterocycles. The Bertz CT molecular complexity index is 1130. The van der Waals surface area contributed by atoms with E-state index >= 15 is 0 Å². The van der Waals surface area contributed by atoms with Crippen LogP contribution < -0.4 is 5.32 Å². The fourth-order valence-electron chi connectivity index (χ4n) is 6.69. The number of esters is 1. The van der Waals surface area contributed by atoms with Crippen LogP contribution in [0.15, 0.2) is 85.1 Å². The predicted molar refractivity (Wildman–Crippen MR) is 250 cm³/mol. The van der Waals surface area contributed by atoms with Gasteiger partial charge in [0.1, 0.15) is 6.10 Å². The third-order valence-corrected chi connectivity index (χ3v) is 10.3. The normalized spacial score (nSPS) is 14.1. The second-order valence-corrected chi connectivity index (χ2v) is 15.9. The molecule has 332 valence electrons. The minimum atomic E-state index is -0.811. The molecule has 0 fully saturated rings. The van der Waals surface area contributed by atoms with E-state index in [1.807, 2.05) is 36.5 Å². The van der Waals surface area contributed by atoms with Crippen LogP contribution >= 0.6 is 0 Å². The van der Waals surface area contributed by atoms with E-state index in [4.69, 9.17) is 4.74 Å². The van der Waals surface area contributed by atoms with E-state index in [0.29, 0.717) is 19.3 Å². The van der Waals surface area contributed by atoms with Gasteiger partial charge < -0.3 is 20.3 Å². The highest BCUT2D eigenvalue weighted by atomic mass is 16.5. The number of unbranched alkanes of at least 4 members (excludes halogenated alkanes) is 18. The van der Waals surface area contributed by atoms with E-state index in [9.17, 15) is 19.8 Å². The first-order valence-corrected chi connectivity index (χ1v) is 23.9. The van der Waals surface area contributed by atoms with Crippen LogP contribution in [0.2, 0.25) is 0 Å². The van der Waals surface area contributed by atoms with Gasteiger partial charge in [0.15, 0.2) is 0 Å². The van der Waals surface area contributed by atoms with Crippen molar-refractivity contribution in [2.24, 2.45) is 0 Å². The molecular formula is C52H89NO5. The number of nitrogens with one attached hydrogen (secondary N) is 1. The van der Waals surface area contributed by atoms with Gasteiger partial charge in [0, 0.05) is 6.42 Å². The Balaban J connectivity index is 4.68. The minimum absolute atomic E-state index is 0.0182. The number of allylic oxidation sites excluding steroid dienone is 14. The summed E-state index contributed by atoms with van der Waals surface area (Å²) in [7, 11) is 0. The van der Waals surface area contributed by atoms with Crippen LogP contribution in [-0.2, 0) is 14.3 Å². The van der Waals surface area contributed by atoms with E-state index in [-0.39, 0.29) is 24.9 Å². The summed E-state index contributed by atoms with van der Waals surface area (Å²) in [6.45, 7) is 6.26. The van der Waals surface area contributed by atoms with Gasteiger partial charge in [0.25, 0.3) is 0 Å². The Hall–Kier alpha value is -2.96. The van der Waals surface area contributed by atoms with E-state index in [2.05, 4.69) is 74.7 Å². The first-order chi connectivity index (χ1) is 28.5. The van der Waals surface area contributed by atoms with Crippen molar-refractivity contribution in [2.45, 2.75) is 225 Å². The molecule has 6 heteroatoms. The maximum absolute atomic E-state index is 13.1. The Morgan fingerprint density at radius 1 is 0.534 bits per heavy atom. The topological polar surface area (TPSA) is 95.9 Å². The lowest BCUT2D eigenvalue weighted by Gasteiger charge is -2.24. The molecule has 58 heavy (non-hydrogen) atoms. The molecule has 0 aliphatic carbocycles. The van der Waals surface area contributed by atoms with Crippen molar-refractivity contribution in [3.05, 3.63) is 85.1 Å². The first kappa shape index (κ1) is 55.0. The van der Waals surface area contributed by atoms with Gasteiger partial charge in [-0.25, -0.2) is 0 Å². The number of hydrogen-bond donors (Lipinski definition) is 3. The summed E-state index contributed by atoms with van der Waals surface area (Å²) in [5.41, 5.74) is 0. The molecule has 0 aromatic rings. The van der Waals surface area contributed by atoms with Gasteiger partial charge in [-0.2, -0.15) is 0 Å². The quantitative estimate of drug-likeness (QED) is 0.0247. The molecule has 0 radical (unpaired) electrons. The van der Waals surface area contributed by atoms with Crippen molar-refractivity contribution in [3.8, 4) is 0 Å². The van der Waals surface area contributed by atoms with Crippen LogP contribution in [0.3, 0.4) is 0 Å². The molecular weight excluding hydrogens is 719 g/mol. The zero-order valence-corrected chi connectivity index (χ0v) is 37.6. The van der Waals surface area contributed by atoms with E-state index in [1.165, 1.54) is 77.0 Å². The van der Waals surface area contributed by atoms with E-state index in [0.717, 1.165) is 83.5 Å². The van der Waals surface area contributed by atoms with Crippen molar-refractivity contribution in [1.29, 1.82) is 0 Å². The molecule has 0 bridgehead atoms. The monoisotopic (exact) mass is 808 g/mol. The molecule has 3 atom stereocenters. The second-order valence-electron chi connectivity index (χ2n) is 15.9. The Labute approximate surface area is 357 Å². The van der Waals surface area contributed by atoms with Gasteiger partial charge in [-0.05, 0) is 77.0 Å². The smallest absolute Gasteiger partial charge is 0.306 e. The number of carbonyl (C=O) groups is 2. The lowest BCUT2D eigenvalue weighted by Crippen LogP contribution is -2.46. The lowest BCUT2D eigenvalue weighted by atomic mass is 10.0. The standard InChI is InChI=1S/C52H89NO5/c1-4-7-10-13-16-19-22-23-24-25-26-27-30-33-36-39-42-45-52(57)58-48(43-40-37-34-31-28-20-17-14-11-8-5-2)46-51(56)53-49(47-54)50(55)44-41-38-35-32-29-21-18-15-12-9-6-3/h8,11,14,16-17,19-20,23-24,26-28,31,34,48-50,54-55H,4-7,9-10,12-13,15,18,21-22,25,29-30,32-33,35-47H2,1-3H3,(H,53,56)/b11-8+,17-14+,19-16-,24-23-,27-26-,28-20-,34-31-. The Morgan fingerprint density at radius 3 is 1.62 bits per heavy atom. The highest BCUT2D eigenvalue weighted by Crippen LogP contribution is 2.16. The molecule has 0 aliphatic heterocycles. The molecule has 6 nitrogen and oxygen atoms in total. The highest BCUT2D eigenvalue weighted by molar-refractivity contribution is 5.77. The van der Waals surface area contributed by atoms with Crippen molar-refractivity contribution in [1.82, 2.24) is 5.32 Å². The van der Waals surface area contributed by atoms with Gasteiger partial charge in [0.2, 0.25) is 5.91 Å². The summed E-state index contributed by atoms with van der Waals surface area (Å²) >= 11 is 0. The molecule has 0 saturated carbocycles. The van der Waals surface area contributed by atoms with Crippen molar-refractivity contribution in [2.75, 3.05) is 6.61 Å². The van der Waals surface area contributed by atoms with Crippen molar-refractivity contribution in [3.63, 3.8) is 0 Å². The molecule has 1 amide bonds.